The summed E-state index contributed by atoms with van der Waals surface area (Å²) in [4.78, 5) is 11.6. The van der Waals surface area contributed by atoms with E-state index in [9.17, 15) is 4.79 Å². The van der Waals surface area contributed by atoms with Crippen molar-refractivity contribution in [2.45, 2.75) is 65.2 Å². The van der Waals surface area contributed by atoms with Gasteiger partial charge in [0.15, 0.2) is 0 Å². The molecule has 0 aromatic carbocycles. The van der Waals surface area contributed by atoms with Gasteiger partial charge in [-0.1, -0.05) is 64.2 Å². The van der Waals surface area contributed by atoms with Crippen LogP contribution in [0.1, 0.15) is 65.2 Å². The number of carbonyl (C=O) groups is 1. The summed E-state index contributed by atoms with van der Waals surface area (Å²) in [6.45, 7) is 4.25. The third kappa shape index (κ3) is 4.47. The van der Waals surface area contributed by atoms with Crippen LogP contribution >= 0.6 is 0 Å². The lowest BCUT2D eigenvalue weighted by Gasteiger charge is -2.28. The van der Waals surface area contributed by atoms with E-state index in [4.69, 9.17) is 0 Å². The zero-order chi connectivity index (χ0) is 14.4. The minimum absolute atomic E-state index is 0.413. The molecule has 0 N–H and O–H groups in total. The van der Waals surface area contributed by atoms with E-state index in [2.05, 4.69) is 31.2 Å². The van der Waals surface area contributed by atoms with Crippen LogP contribution in [0.4, 0.5) is 0 Å². The Morgan fingerprint density at radius 3 is 2.45 bits per heavy atom. The lowest BCUT2D eigenvalue weighted by atomic mass is 9.77. The van der Waals surface area contributed by atoms with E-state index in [1.54, 1.807) is 0 Å². The molecule has 3 rings (SSSR count). The monoisotopic (exact) mass is 272 g/mol. The summed E-state index contributed by atoms with van der Waals surface area (Å²) in [6.07, 6.45) is 9.73. The highest BCUT2D eigenvalue weighted by Gasteiger charge is 2.25. The predicted octanol–water partition coefficient (Wildman–Crippen LogP) is 5.63. The first kappa shape index (κ1) is 15.3. The van der Waals surface area contributed by atoms with Crippen LogP contribution in [-0.4, -0.2) is 5.78 Å². The molecule has 0 bridgehead atoms. The maximum absolute atomic E-state index is 11.6. The zero-order valence-corrected chi connectivity index (χ0v) is 13.0. The summed E-state index contributed by atoms with van der Waals surface area (Å²) in [7, 11) is 0. The SMILES string of the molecule is CCCCC1CCCC(C(=O)CC)C1.c1cc2cc-2c1. The molecule has 3 aliphatic rings. The van der Waals surface area contributed by atoms with Gasteiger partial charge in [0.25, 0.3) is 0 Å². The summed E-state index contributed by atoms with van der Waals surface area (Å²) in [5.74, 6) is 1.77. The Morgan fingerprint density at radius 2 is 1.95 bits per heavy atom. The molecule has 1 nitrogen and oxygen atoms in total. The number of carbonyl (C=O) groups excluding carboxylic acids is 1. The molecule has 0 aromatic rings. The molecule has 1 saturated carbocycles. The first-order chi connectivity index (χ1) is 9.74. The van der Waals surface area contributed by atoms with E-state index < -0.39 is 0 Å². The maximum Gasteiger partial charge on any atom is 0.135 e. The Hall–Kier alpha value is -1.11. The second-order valence-corrected chi connectivity index (χ2v) is 6.27. The van der Waals surface area contributed by atoms with Gasteiger partial charge in [-0.05, 0) is 36.0 Å². The summed E-state index contributed by atoms with van der Waals surface area (Å²) in [5, 5.41) is 0. The van der Waals surface area contributed by atoms with Gasteiger partial charge in [-0.2, -0.15) is 0 Å². The molecule has 2 atom stereocenters. The van der Waals surface area contributed by atoms with Crippen LogP contribution in [0.3, 0.4) is 0 Å². The Kier molecular flexibility index (Phi) is 5.82. The van der Waals surface area contributed by atoms with Crippen LogP contribution in [-0.2, 0) is 4.79 Å². The minimum atomic E-state index is 0.413. The van der Waals surface area contributed by atoms with Crippen molar-refractivity contribution in [3.05, 3.63) is 24.3 Å². The molecule has 3 aliphatic carbocycles. The van der Waals surface area contributed by atoms with E-state index in [0.717, 1.165) is 18.8 Å². The van der Waals surface area contributed by atoms with Crippen molar-refractivity contribution in [3.63, 3.8) is 0 Å². The highest BCUT2D eigenvalue weighted by molar-refractivity contribution is 5.81. The highest BCUT2D eigenvalue weighted by Crippen LogP contribution is 2.33. The van der Waals surface area contributed by atoms with Gasteiger partial charge in [0.2, 0.25) is 0 Å². The average Bonchev–Trinajstić information content (AvgIpc) is 3.11. The first-order valence-corrected chi connectivity index (χ1v) is 8.37. The number of benzene rings is 1. The lowest BCUT2D eigenvalue weighted by Crippen LogP contribution is -2.22. The first-order valence-electron chi connectivity index (χ1n) is 8.37. The molecule has 0 saturated heterocycles. The van der Waals surface area contributed by atoms with Gasteiger partial charge >= 0.3 is 0 Å². The van der Waals surface area contributed by atoms with Gasteiger partial charge < -0.3 is 0 Å². The molecule has 0 amide bonds. The van der Waals surface area contributed by atoms with Crippen molar-refractivity contribution in [2.24, 2.45) is 11.8 Å². The molecule has 0 heterocycles. The summed E-state index contributed by atoms with van der Waals surface area (Å²) < 4.78 is 0. The third-order valence-electron chi connectivity index (χ3n) is 4.67. The Morgan fingerprint density at radius 1 is 1.20 bits per heavy atom. The Balaban J connectivity index is 0.000000198. The van der Waals surface area contributed by atoms with Crippen molar-refractivity contribution in [1.29, 1.82) is 0 Å². The quantitative estimate of drug-likeness (QED) is 0.689. The minimum Gasteiger partial charge on any atom is -0.299 e. The fraction of sp³-hybridized carbons (Fsp3) is 0.632. The molecule has 0 radical (unpaired) electrons. The van der Waals surface area contributed by atoms with Crippen molar-refractivity contribution < 1.29 is 4.79 Å². The van der Waals surface area contributed by atoms with E-state index in [1.807, 2.05) is 6.92 Å². The van der Waals surface area contributed by atoms with Gasteiger partial charge in [-0.3, -0.25) is 4.79 Å². The maximum atomic E-state index is 11.6. The summed E-state index contributed by atoms with van der Waals surface area (Å²) in [5.41, 5.74) is 2.85. The van der Waals surface area contributed by atoms with Gasteiger partial charge in [-0.15, -0.1) is 0 Å². The number of Topliss-reactive ketones (excluding diaryl/α,β-unsaturated/α-hetero) is 1. The molecule has 0 aromatic heterocycles. The average molecular weight is 272 g/mol. The molecular formula is C19H28O. The van der Waals surface area contributed by atoms with Gasteiger partial charge in [-0.25, -0.2) is 0 Å². The second-order valence-electron chi connectivity index (χ2n) is 6.27. The molecule has 1 fully saturated rings. The number of fused-ring (bicyclic) bond motifs is 1. The Bertz CT molecular complexity index is 418. The van der Waals surface area contributed by atoms with Gasteiger partial charge in [0.05, 0.1) is 0 Å². The molecule has 1 heteroatoms. The van der Waals surface area contributed by atoms with Crippen molar-refractivity contribution in [2.75, 3.05) is 0 Å². The van der Waals surface area contributed by atoms with Crippen molar-refractivity contribution >= 4 is 5.78 Å². The molecule has 0 aliphatic heterocycles. The molecular weight excluding hydrogens is 244 g/mol. The van der Waals surface area contributed by atoms with Crippen LogP contribution in [0.15, 0.2) is 24.3 Å². The van der Waals surface area contributed by atoms with Crippen LogP contribution in [0.2, 0.25) is 0 Å². The molecule has 2 unspecified atom stereocenters. The Labute approximate surface area is 123 Å². The summed E-state index contributed by atoms with van der Waals surface area (Å²) >= 11 is 0. The normalized spacial score (nSPS) is 22.7. The zero-order valence-electron chi connectivity index (χ0n) is 13.0. The second kappa shape index (κ2) is 7.61. The van der Waals surface area contributed by atoms with Gasteiger partial charge in [0, 0.05) is 12.3 Å². The molecule has 20 heavy (non-hydrogen) atoms. The molecule has 0 spiro atoms. The van der Waals surface area contributed by atoms with Gasteiger partial charge in [0.1, 0.15) is 5.78 Å². The highest BCUT2D eigenvalue weighted by atomic mass is 16.1. The summed E-state index contributed by atoms with van der Waals surface area (Å²) in [6, 6.07) is 8.48. The van der Waals surface area contributed by atoms with Crippen LogP contribution < -0.4 is 0 Å². The lowest BCUT2D eigenvalue weighted by molar-refractivity contribution is -0.124. The van der Waals surface area contributed by atoms with E-state index in [-0.39, 0.29) is 0 Å². The van der Waals surface area contributed by atoms with E-state index in [0.29, 0.717) is 11.7 Å². The fourth-order valence-corrected chi connectivity index (χ4v) is 3.30. The number of ketones is 1. The van der Waals surface area contributed by atoms with E-state index in [1.165, 1.54) is 49.7 Å². The predicted molar refractivity (Wildman–Crippen MR) is 85.7 cm³/mol. The number of hydrogen-bond acceptors (Lipinski definition) is 1. The van der Waals surface area contributed by atoms with Crippen LogP contribution in [0.5, 0.6) is 0 Å². The van der Waals surface area contributed by atoms with Crippen molar-refractivity contribution in [3.8, 4) is 11.1 Å². The standard InChI is InChI=1S/C13H24O.C6H4/c1-3-5-7-11-8-6-9-12(10-11)13(14)4-2;1-2-5-4-6(5)3-1/h11-12H,3-10H2,1-2H3;1-4H. The van der Waals surface area contributed by atoms with E-state index >= 15 is 0 Å². The number of rotatable bonds is 5. The van der Waals surface area contributed by atoms with Crippen LogP contribution in [0, 0.1) is 11.8 Å². The van der Waals surface area contributed by atoms with Crippen molar-refractivity contribution in [1.82, 2.24) is 0 Å². The van der Waals surface area contributed by atoms with Crippen LogP contribution in [0.25, 0.3) is 11.1 Å². The molecule has 110 valence electrons. The number of unbranched alkanes of at least 4 members (excludes halogenated alkanes) is 1. The fourth-order valence-electron chi connectivity index (χ4n) is 3.30. The smallest absolute Gasteiger partial charge is 0.135 e. The number of hydrogen-bond donors (Lipinski definition) is 0. The third-order valence-corrected chi connectivity index (χ3v) is 4.67. The topological polar surface area (TPSA) is 17.1 Å². The largest absolute Gasteiger partial charge is 0.299 e.